The van der Waals surface area contributed by atoms with Gasteiger partial charge in [-0.25, -0.2) is 14.2 Å². The maximum atomic E-state index is 13.3. The largest absolute Gasteiger partial charge is 0.381 e. The highest BCUT2D eigenvalue weighted by Crippen LogP contribution is 2.11. The molecule has 0 bridgehead atoms. The van der Waals surface area contributed by atoms with Crippen LogP contribution in [0.5, 0.6) is 0 Å². The first-order valence-electron chi connectivity index (χ1n) is 5.37. The van der Waals surface area contributed by atoms with E-state index in [2.05, 4.69) is 10.3 Å². The fourth-order valence-corrected chi connectivity index (χ4v) is 1.67. The molecule has 1 aromatic carbocycles. The number of benzene rings is 1. The minimum absolute atomic E-state index is 0.325. The van der Waals surface area contributed by atoms with Gasteiger partial charge in [-0.2, -0.15) is 0 Å². The van der Waals surface area contributed by atoms with Crippen LogP contribution in [0.1, 0.15) is 0 Å². The van der Waals surface area contributed by atoms with Gasteiger partial charge < -0.3 is 5.32 Å². The lowest BCUT2D eigenvalue weighted by Crippen LogP contribution is -2.25. The van der Waals surface area contributed by atoms with E-state index in [1.165, 1.54) is 23.0 Å². The molecule has 0 saturated heterocycles. The summed E-state index contributed by atoms with van der Waals surface area (Å²) in [5.41, 5.74) is 0.0234. The Morgan fingerprint density at radius 2 is 2.17 bits per heavy atom. The predicted octanol–water partition coefficient (Wildman–Crippen LogP) is 2.15. The summed E-state index contributed by atoms with van der Waals surface area (Å²) in [4.78, 5) is 15.0. The van der Waals surface area contributed by atoms with Crippen LogP contribution in [0.2, 0.25) is 5.02 Å². The number of nitrogens with zero attached hydrogens (tertiary/aromatic N) is 2. The molecule has 0 aliphatic rings. The molecule has 2 aromatic rings. The van der Waals surface area contributed by atoms with Crippen LogP contribution < -0.4 is 11.0 Å². The van der Waals surface area contributed by atoms with Crippen molar-refractivity contribution in [3.8, 4) is 0 Å². The molecule has 18 heavy (non-hydrogen) atoms. The van der Waals surface area contributed by atoms with Crippen molar-refractivity contribution in [3.63, 3.8) is 0 Å². The van der Waals surface area contributed by atoms with Gasteiger partial charge in [-0.05, 0) is 12.1 Å². The maximum absolute atomic E-state index is 13.3. The smallest absolute Gasteiger partial charge is 0.347 e. The van der Waals surface area contributed by atoms with Crippen LogP contribution >= 0.6 is 11.6 Å². The lowest BCUT2D eigenvalue weighted by molar-refractivity contribution is 0.625. The maximum Gasteiger partial charge on any atom is 0.347 e. The van der Waals surface area contributed by atoms with E-state index in [-0.39, 0.29) is 11.5 Å². The summed E-state index contributed by atoms with van der Waals surface area (Å²) < 4.78 is 14.7. The Bertz CT molecular complexity index is 600. The van der Waals surface area contributed by atoms with Crippen LogP contribution in [0.15, 0.2) is 41.5 Å². The summed E-state index contributed by atoms with van der Waals surface area (Å²) in [5.74, 6) is -0.325. The Morgan fingerprint density at radius 3 is 2.94 bits per heavy atom. The van der Waals surface area contributed by atoms with Crippen molar-refractivity contribution in [1.82, 2.24) is 9.55 Å². The molecule has 0 saturated carbocycles. The topological polar surface area (TPSA) is 46.9 Å². The molecule has 0 radical (unpaired) electrons. The van der Waals surface area contributed by atoms with Gasteiger partial charge >= 0.3 is 5.69 Å². The molecule has 0 aliphatic carbocycles. The van der Waals surface area contributed by atoms with E-state index in [0.717, 1.165) is 0 Å². The molecular formula is C12H11ClFN3O. The SMILES string of the molecule is O=c1ncc(Cl)cn1CCNc1ccccc1F. The monoisotopic (exact) mass is 267 g/mol. The van der Waals surface area contributed by atoms with Crippen molar-refractivity contribution in [2.45, 2.75) is 6.54 Å². The van der Waals surface area contributed by atoms with Crippen molar-refractivity contribution in [1.29, 1.82) is 0 Å². The van der Waals surface area contributed by atoms with Crippen molar-refractivity contribution < 1.29 is 4.39 Å². The van der Waals surface area contributed by atoms with E-state index in [0.29, 0.717) is 23.8 Å². The molecule has 0 aliphatic heterocycles. The highest BCUT2D eigenvalue weighted by Gasteiger charge is 2.01. The molecule has 0 amide bonds. The average Bonchev–Trinajstić information content (AvgIpc) is 2.36. The van der Waals surface area contributed by atoms with E-state index < -0.39 is 0 Å². The quantitative estimate of drug-likeness (QED) is 0.923. The van der Waals surface area contributed by atoms with Gasteiger partial charge in [0.05, 0.1) is 16.9 Å². The summed E-state index contributed by atoms with van der Waals surface area (Å²) in [5, 5.41) is 3.29. The predicted molar refractivity (Wildman–Crippen MR) is 68.4 cm³/mol. The highest BCUT2D eigenvalue weighted by molar-refractivity contribution is 6.30. The molecule has 2 rings (SSSR count). The Balaban J connectivity index is 1.99. The molecule has 0 spiro atoms. The van der Waals surface area contributed by atoms with E-state index in [4.69, 9.17) is 11.6 Å². The lowest BCUT2D eigenvalue weighted by Gasteiger charge is -2.08. The first-order valence-corrected chi connectivity index (χ1v) is 5.75. The number of aromatic nitrogens is 2. The van der Waals surface area contributed by atoms with Crippen molar-refractivity contribution in [2.24, 2.45) is 0 Å². The second-order valence-corrected chi connectivity index (χ2v) is 4.09. The molecule has 0 unspecified atom stereocenters. The van der Waals surface area contributed by atoms with Gasteiger partial charge in [0.1, 0.15) is 5.82 Å². The summed E-state index contributed by atoms with van der Waals surface area (Å²) >= 11 is 5.74. The second kappa shape index (κ2) is 5.64. The van der Waals surface area contributed by atoms with Gasteiger partial charge in [-0.15, -0.1) is 0 Å². The van der Waals surface area contributed by atoms with Gasteiger partial charge in [-0.1, -0.05) is 23.7 Å². The highest BCUT2D eigenvalue weighted by atomic mass is 35.5. The Morgan fingerprint density at radius 1 is 1.39 bits per heavy atom. The fourth-order valence-electron chi connectivity index (χ4n) is 1.50. The average molecular weight is 268 g/mol. The summed E-state index contributed by atoms with van der Waals surface area (Å²) in [6.07, 6.45) is 2.80. The van der Waals surface area contributed by atoms with Crippen molar-refractivity contribution in [2.75, 3.05) is 11.9 Å². The molecule has 1 heterocycles. The number of para-hydroxylation sites is 1. The normalized spacial score (nSPS) is 10.3. The molecule has 1 aromatic heterocycles. The molecule has 4 nitrogen and oxygen atoms in total. The zero-order valence-electron chi connectivity index (χ0n) is 9.44. The molecule has 94 valence electrons. The van der Waals surface area contributed by atoms with Gasteiger partial charge in [0.2, 0.25) is 0 Å². The number of rotatable bonds is 4. The third-order valence-corrected chi connectivity index (χ3v) is 2.56. The first kappa shape index (κ1) is 12.6. The van der Waals surface area contributed by atoms with Crippen LogP contribution in [-0.2, 0) is 6.54 Å². The Hall–Kier alpha value is -1.88. The molecule has 6 heteroatoms. The third-order valence-electron chi connectivity index (χ3n) is 2.37. The molecule has 0 fully saturated rings. The number of halogens is 2. The lowest BCUT2D eigenvalue weighted by atomic mass is 10.3. The fraction of sp³-hybridized carbons (Fsp3) is 0.167. The number of anilines is 1. The van der Waals surface area contributed by atoms with E-state index in [1.54, 1.807) is 18.2 Å². The van der Waals surface area contributed by atoms with Crippen molar-refractivity contribution in [3.05, 3.63) is 58.0 Å². The van der Waals surface area contributed by atoms with Crippen LogP contribution in [0.25, 0.3) is 0 Å². The zero-order valence-corrected chi connectivity index (χ0v) is 10.2. The van der Waals surface area contributed by atoms with Crippen molar-refractivity contribution >= 4 is 17.3 Å². The first-order chi connectivity index (χ1) is 8.66. The van der Waals surface area contributed by atoms with Gasteiger partial charge in [0.15, 0.2) is 0 Å². The molecule has 0 atom stereocenters. The Labute approximate surface area is 108 Å². The van der Waals surface area contributed by atoms with Gasteiger partial charge in [-0.3, -0.25) is 4.57 Å². The van der Waals surface area contributed by atoms with Gasteiger partial charge in [0, 0.05) is 19.3 Å². The summed E-state index contributed by atoms with van der Waals surface area (Å²) in [6, 6.07) is 6.36. The second-order valence-electron chi connectivity index (χ2n) is 3.65. The minimum atomic E-state index is -0.380. The zero-order chi connectivity index (χ0) is 13.0. The minimum Gasteiger partial charge on any atom is -0.381 e. The third kappa shape index (κ3) is 3.07. The Kier molecular flexibility index (Phi) is 3.94. The molecular weight excluding hydrogens is 257 g/mol. The van der Waals surface area contributed by atoms with E-state index in [1.807, 2.05) is 0 Å². The number of hydrogen-bond acceptors (Lipinski definition) is 3. The molecule has 1 N–H and O–H groups in total. The van der Waals surface area contributed by atoms with Crippen LogP contribution in [-0.4, -0.2) is 16.1 Å². The van der Waals surface area contributed by atoms with Crippen LogP contribution in [0.4, 0.5) is 10.1 Å². The van der Waals surface area contributed by atoms with Crippen LogP contribution in [0.3, 0.4) is 0 Å². The van der Waals surface area contributed by atoms with Gasteiger partial charge in [0.25, 0.3) is 0 Å². The number of hydrogen-bond donors (Lipinski definition) is 1. The van der Waals surface area contributed by atoms with E-state index in [9.17, 15) is 9.18 Å². The standard InChI is InChI=1S/C12H11ClFN3O/c13-9-7-16-12(18)17(8-9)6-5-15-11-4-2-1-3-10(11)14/h1-4,7-8,15H,5-6H2. The van der Waals surface area contributed by atoms with Crippen LogP contribution in [0, 0.1) is 5.82 Å². The number of nitrogens with one attached hydrogen (secondary N) is 1. The summed E-state index contributed by atoms with van der Waals surface area (Å²) in [7, 11) is 0. The van der Waals surface area contributed by atoms with E-state index >= 15 is 0 Å². The summed E-state index contributed by atoms with van der Waals surface area (Å²) in [6.45, 7) is 0.767.